The number of nitrogens with one attached hydrogen (secondary N) is 2. The average Bonchev–Trinajstić information content (AvgIpc) is 3.16. The monoisotopic (exact) mass is 383 g/mol. The maximum Gasteiger partial charge on any atom is 0.289 e. The smallest absolute Gasteiger partial charge is 0.272 e. The number of hydrogen-bond donors (Lipinski definition) is 2. The highest BCUT2D eigenvalue weighted by Crippen LogP contribution is 2.20. The van der Waals surface area contributed by atoms with Crippen LogP contribution in [-0.2, 0) is 0 Å². The molecule has 0 fully saturated rings. The zero-order valence-electron chi connectivity index (χ0n) is 14.1. The summed E-state index contributed by atoms with van der Waals surface area (Å²) in [5.41, 5.74) is 5.26. The molecule has 0 saturated heterocycles. The van der Waals surface area contributed by atoms with E-state index in [2.05, 4.69) is 20.7 Å². The Hall–Kier alpha value is -3.52. The summed E-state index contributed by atoms with van der Waals surface area (Å²) in [7, 11) is 0. The summed E-state index contributed by atoms with van der Waals surface area (Å²) in [6, 6.07) is 14.6. The van der Waals surface area contributed by atoms with Crippen LogP contribution < -0.4 is 5.43 Å². The predicted octanol–water partition coefficient (Wildman–Crippen LogP) is 3.79. The van der Waals surface area contributed by atoms with E-state index in [1.165, 1.54) is 12.1 Å². The summed E-state index contributed by atoms with van der Waals surface area (Å²) in [5, 5.41) is 22.1. The lowest BCUT2D eigenvalue weighted by atomic mass is 10.1. The van der Waals surface area contributed by atoms with Gasteiger partial charge in [0.05, 0.1) is 16.3 Å². The number of carbonyl (C=O) groups excluding carboxylic acids is 1. The number of hydrogen-bond acceptors (Lipinski definition) is 5. The number of hydrazone groups is 1. The number of nitro groups is 1. The van der Waals surface area contributed by atoms with Crippen LogP contribution in [0.15, 0.2) is 59.7 Å². The molecule has 0 spiro atoms. The first-order valence-electron chi connectivity index (χ1n) is 7.85. The van der Waals surface area contributed by atoms with Gasteiger partial charge in [-0.05, 0) is 42.8 Å². The van der Waals surface area contributed by atoms with Gasteiger partial charge in [-0.25, -0.2) is 5.43 Å². The van der Waals surface area contributed by atoms with E-state index in [4.69, 9.17) is 11.6 Å². The van der Waals surface area contributed by atoms with Crippen molar-refractivity contribution < 1.29 is 9.72 Å². The second-order valence-corrected chi connectivity index (χ2v) is 6.05. The first-order chi connectivity index (χ1) is 12.9. The molecule has 0 aliphatic rings. The fraction of sp³-hybridized carbons (Fsp3) is 0.0556. The van der Waals surface area contributed by atoms with Gasteiger partial charge in [-0.1, -0.05) is 23.7 Å². The fourth-order valence-electron chi connectivity index (χ4n) is 2.29. The second kappa shape index (κ2) is 7.79. The van der Waals surface area contributed by atoms with Gasteiger partial charge >= 0.3 is 0 Å². The lowest BCUT2D eigenvalue weighted by Crippen LogP contribution is -2.19. The minimum absolute atomic E-state index is 0.0113. The molecule has 2 aromatic carbocycles. The minimum atomic E-state index is -0.478. The first kappa shape index (κ1) is 18.3. The Labute approximate surface area is 159 Å². The van der Waals surface area contributed by atoms with Crippen LogP contribution in [0.4, 0.5) is 5.69 Å². The topological polar surface area (TPSA) is 113 Å². The molecule has 0 aliphatic carbocycles. The number of carbonyl (C=O) groups is 1. The molecule has 3 rings (SSSR count). The van der Waals surface area contributed by atoms with Crippen LogP contribution in [-0.4, -0.2) is 26.7 Å². The van der Waals surface area contributed by atoms with Crippen molar-refractivity contribution in [2.75, 3.05) is 0 Å². The third-order valence-corrected chi connectivity index (χ3v) is 4.04. The van der Waals surface area contributed by atoms with Crippen LogP contribution in [0.3, 0.4) is 0 Å². The number of nitrogens with zero attached hydrogens (tertiary/aromatic N) is 3. The Morgan fingerprint density at radius 1 is 1.19 bits per heavy atom. The van der Waals surface area contributed by atoms with Gasteiger partial charge in [-0.2, -0.15) is 10.2 Å². The Bertz CT molecular complexity index is 1010. The van der Waals surface area contributed by atoms with E-state index in [-0.39, 0.29) is 11.4 Å². The third-order valence-electron chi connectivity index (χ3n) is 3.78. The van der Waals surface area contributed by atoms with Crippen LogP contribution in [0, 0.1) is 10.1 Å². The average molecular weight is 384 g/mol. The van der Waals surface area contributed by atoms with E-state index >= 15 is 0 Å². The largest absolute Gasteiger partial charge is 0.289 e. The van der Waals surface area contributed by atoms with Crippen molar-refractivity contribution in [2.45, 2.75) is 6.92 Å². The van der Waals surface area contributed by atoms with Gasteiger partial charge in [0.15, 0.2) is 0 Å². The SMILES string of the molecule is C/C(=N\NC(=O)c1cc(-c2ccc(Cl)cc2)n[nH]1)c1ccc([N+](=O)[O-])cc1. The molecule has 2 N–H and O–H groups in total. The lowest BCUT2D eigenvalue weighted by molar-refractivity contribution is -0.384. The maximum atomic E-state index is 12.2. The van der Waals surface area contributed by atoms with Crippen LogP contribution in [0.2, 0.25) is 5.02 Å². The van der Waals surface area contributed by atoms with Crippen molar-refractivity contribution in [3.63, 3.8) is 0 Å². The molecular formula is C18H14ClN5O3. The molecule has 1 heterocycles. The van der Waals surface area contributed by atoms with Gasteiger partial charge < -0.3 is 0 Å². The second-order valence-electron chi connectivity index (χ2n) is 5.62. The number of non-ortho nitro benzene ring substituents is 1. The zero-order chi connectivity index (χ0) is 19.4. The van der Waals surface area contributed by atoms with E-state index in [1.54, 1.807) is 49.4 Å². The minimum Gasteiger partial charge on any atom is -0.272 e. The number of benzene rings is 2. The first-order valence-corrected chi connectivity index (χ1v) is 8.22. The quantitative estimate of drug-likeness (QED) is 0.396. The van der Waals surface area contributed by atoms with Gasteiger partial charge in [0.25, 0.3) is 11.6 Å². The van der Waals surface area contributed by atoms with Gasteiger partial charge in [-0.3, -0.25) is 20.0 Å². The van der Waals surface area contributed by atoms with Crippen molar-refractivity contribution in [1.82, 2.24) is 15.6 Å². The summed E-state index contributed by atoms with van der Waals surface area (Å²) >= 11 is 5.86. The molecule has 0 saturated carbocycles. The van der Waals surface area contributed by atoms with Crippen molar-refractivity contribution in [1.29, 1.82) is 0 Å². The molecule has 136 valence electrons. The molecule has 0 aliphatic heterocycles. The number of rotatable bonds is 5. The Morgan fingerprint density at radius 3 is 2.48 bits per heavy atom. The third kappa shape index (κ3) is 4.36. The number of H-pyrrole nitrogens is 1. The Balaban J connectivity index is 1.69. The van der Waals surface area contributed by atoms with E-state index < -0.39 is 10.8 Å². The van der Waals surface area contributed by atoms with E-state index in [1.807, 2.05) is 0 Å². The molecule has 9 heteroatoms. The van der Waals surface area contributed by atoms with E-state index in [0.717, 1.165) is 5.56 Å². The number of amides is 1. The highest BCUT2D eigenvalue weighted by Gasteiger charge is 2.11. The molecule has 1 amide bonds. The molecule has 1 aromatic heterocycles. The summed E-state index contributed by atoms with van der Waals surface area (Å²) in [6.45, 7) is 1.69. The van der Waals surface area contributed by atoms with Gasteiger partial charge in [-0.15, -0.1) is 0 Å². The highest BCUT2D eigenvalue weighted by atomic mass is 35.5. The number of nitro benzene ring substituents is 1. The summed E-state index contributed by atoms with van der Waals surface area (Å²) in [5.74, 6) is -0.455. The normalized spacial score (nSPS) is 11.3. The van der Waals surface area contributed by atoms with Gasteiger partial charge in [0.1, 0.15) is 5.69 Å². The van der Waals surface area contributed by atoms with Gasteiger partial charge in [0, 0.05) is 22.7 Å². The van der Waals surface area contributed by atoms with Crippen molar-refractivity contribution in [3.05, 3.63) is 81.0 Å². The maximum absolute atomic E-state index is 12.2. The van der Waals surface area contributed by atoms with Crippen LogP contribution in [0.25, 0.3) is 11.3 Å². The molecule has 8 nitrogen and oxygen atoms in total. The Morgan fingerprint density at radius 2 is 1.85 bits per heavy atom. The molecule has 27 heavy (non-hydrogen) atoms. The lowest BCUT2D eigenvalue weighted by Gasteiger charge is -2.01. The molecule has 3 aromatic rings. The highest BCUT2D eigenvalue weighted by molar-refractivity contribution is 6.30. The zero-order valence-corrected chi connectivity index (χ0v) is 14.9. The molecule has 0 atom stereocenters. The van der Waals surface area contributed by atoms with E-state index in [9.17, 15) is 14.9 Å². The predicted molar refractivity (Wildman–Crippen MR) is 102 cm³/mol. The van der Waals surface area contributed by atoms with Crippen LogP contribution in [0.5, 0.6) is 0 Å². The van der Waals surface area contributed by atoms with Crippen molar-refractivity contribution >= 4 is 28.9 Å². The Kier molecular flexibility index (Phi) is 5.28. The summed E-state index contributed by atoms with van der Waals surface area (Å²) < 4.78 is 0. The summed E-state index contributed by atoms with van der Waals surface area (Å²) in [4.78, 5) is 22.4. The number of halogens is 1. The summed E-state index contributed by atoms with van der Waals surface area (Å²) in [6.07, 6.45) is 0. The van der Waals surface area contributed by atoms with Crippen molar-refractivity contribution in [3.8, 4) is 11.3 Å². The van der Waals surface area contributed by atoms with Crippen LogP contribution >= 0.6 is 11.6 Å². The fourth-order valence-corrected chi connectivity index (χ4v) is 2.42. The number of aromatic amines is 1. The molecule has 0 unspecified atom stereocenters. The standard InChI is InChI=1S/C18H14ClN5O3/c1-11(12-4-8-15(9-5-12)24(26)27)20-23-18(25)17-10-16(21-22-17)13-2-6-14(19)7-3-13/h2-10H,1H3,(H,21,22)(H,23,25)/b20-11+. The van der Waals surface area contributed by atoms with E-state index in [0.29, 0.717) is 22.0 Å². The molecule has 0 bridgehead atoms. The van der Waals surface area contributed by atoms with Crippen molar-refractivity contribution in [2.24, 2.45) is 5.10 Å². The number of aromatic nitrogens is 2. The molecule has 0 radical (unpaired) electrons. The van der Waals surface area contributed by atoms with Crippen LogP contribution in [0.1, 0.15) is 23.0 Å². The molecular weight excluding hydrogens is 370 g/mol. The van der Waals surface area contributed by atoms with Gasteiger partial charge in [0.2, 0.25) is 0 Å².